The van der Waals surface area contributed by atoms with E-state index in [1.165, 1.54) is 25.4 Å². The molecule has 0 aliphatic rings. The van der Waals surface area contributed by atoms with Crippen molar-refractivity contribution in [3.05, 3.63) is 58.3 Å². The second-order valence-electron chi connectivity index (χ2n) is 6.59. The third kappa shape index (κ3) is 3.69. The van der Waals surface area contributed by atoms with Crippen LogP contribution in [0.4, 0.5) is 5.69 Å². The van der Waals surface area contributed by atoms with Crippen LogP contribution in [0.2, 0.25) is 0 Å². The molecule has 0 bridgehead atoms. The van der Waals surface area contributed by atoms with Crippen LogP contribution in [0.15, 0.2) is 52.9 Å². The van der Waals surface area contributed by atoms with Crippen LogP contribution in [0.3, 0.4) is 0 Å². The van der Waals surface area contributed by atoms with Crippen molar-refractivity contribution in [3.63, 3.8) is 0 Å². The van der Waals surface area contributed by atoms with Gasteiger partial charge < -0.3 is 19.2 Å². The Labute approximate surface area is 171 Å². The van der Waals surface area contributed by atoms with Crippen LogP contribution in [0, 0.1) is 6.92 Å². The Morgan fingerprint density at radius 3 is 2.59 bits per heavy atom. The predicted octanol–water partition coefficient (Wildman–Crippen LogP) is 5.15. The fraction of sp³-hybridized carbons (Fsp3) is 0.182. The summed E-state index contributed by atoms with van der Waals surface area (Å²) in [7, 11) is 1.53. The first kappa shape index (κ1) is 19.0. The van der Waals surface area contributed by atoms with Crippen molar-refractivity contribution in [3.8, 4) is 5.75 Å². The standard InChI is InChI=1S/C22H19NO5S/c1-12-8-9-20(29-12)22(25)27-13(2)21(24)23-16-11-18-15(10-19(16)26-3)14-6-4-5-7-17(14)28-18/h4-11,13H,1-3H3,(H,23,24)/t13-/m1/s1. The minimum absolute atomic E-state index is 0.443. The molecule has 0 aliphatic heterocycles. The lowest BCUT2D eigenvalue weighted by molar-refractivity contribution is -0.123. The molecule has 0 radical (unpaired) electrons. The Morgan fingerprint density at radius 1 is 1.07 bits per heavy atom. The summed E-state index contributed by atoms with van der Waals surface area (Å²) in [6, 6.07) is 14.7. The topological polar surface area (TPSA) is 77.8 Å². The summed E-state index contributed by atoms with van der Waals surface area (Å²) in [5.41, 5.74) is 1.82. The normalized spacial score (nSPS) is 12.1. The average molecular weight is 409 g/mol. The van der Waals surface area contributed by atoms with Crippen molar-refractivity contribution in [2.24, 2.45) is 0 Å². The van der Waals surface area contributed by atoms with Gasteiger partial charge in [-0.1, -0.05) is 18.2 Å². The molecule has 7 heteroatoms. The van der Waals surface area contributed by atoms with Crippen LogP contribution < -0.4 is 10.1 Å². The molecule has 1 N–H and O–H groups in total. The second kappa shape index (κ2) is 7.60. The summed E-state index contributed by atoms with van der Waals surface area (Å²) in [6.07, 6.45) is -0.971. The zero-order chi connectivity index (χ0) is 20.5. The maximum Gasteiger partial charge on any atom is 0.349 e. The quantitative estimate of drug-likeness (QED) is 0.461. The van der Waals surface area contributed by atoms with Crippen LogP contribution in [0.25, 0.3) is 21.9 Å². The van der Waals surface area contributed by atoms with Crippen molar-refractivity contribution < 1.29 is 23.5 Å². The number of esters is 1. The van der Waals surface area contributed by atoms with Gasteiger partial charge in [0.1, 0.15) is 21.8 Å². The number of anilines is 1. The molecule has 148 valence electrons. The Hall–Kier alpha value is -3.32. The number of aryl methyl sites for hydroxylation is 1. The highest BCUT2D eigenvalue weighted by Crippen LogP contribution is 2.36. The number of nitrogens with one attached hydrogen (secondary N) is 1. The lowest BCUT2D eigenvalue weighted by Crippen LogP contribution is -2.29. The molecule has 1 atom stereocenters. The van der Waals surface area contributed by atoms with Crippen LogP contribution in [0.5, 0.6) is 5.75 Å². The van der Waals surface area contributed by atoms with Crippen molar-refractivity contribution in [1.82, 2.24) is 0 Å². The molecule has 1 amide bonds. The van der Waals surface area contributed by atoms with Gasteiger partial charge in [0.25, 0.3) is 5.91 Å². The van der Waals surface area contributed by atoms with E-state index in [0.29, 0.717) is 21.9 Å². The van der Waals surface area contributed by atoms with Gasteiger partial charge in [-0.3, -0.25) is 4.79 Å². The van der Waals surface area contributed by atoms with E-state index < -0.39 is 18.0 Å². The Kier molecular flexibility index (Phi) is 4.98. The van der Waals surface area contributed by atoms with Gasteiger partial charge in [-0.15, -0.1) is 11.3 Å². The first-order valence-electron chi connectivity index (χ1n) is 9.04. The minimum atomic E-state index is -0.971. The van der Waals surface area contributed by atoms with E-state index >= 15 is 0 Å². The summed E-state index contributed by atoms with van der Waals surface area (Å²) >= 11 is 1.32. The average Bonchev–Trinajstić information content (AvgIpc) is 3.30. The molecule has 2 aromatic heterocycles. The first-order valence-corrected chi connectivity index (χ1v) is 9.85. The van der Waals surface area contributed by atoms with Gasteiger partial charge >= 0.3 is 5.97 Å². The lowest BCUT2D eigenvalue weighted by Gasteiger charge is -2.15. The number of furan rings is 1. The number of para-hydroxylation sites is 1. The Morgan fingerprint density at radius 2 is 1.86 bits per heavy atom. The number of rotatable bonds is 5. The van der Waals surface area contributed by atoms with Gasteiger partial charge in [0.2, 0.25) is 0 Å². The fourth-order valence-corrected chi connectivity index (χ4v) is 3.82. The van der Waals surface area contributed by atoms with Crippen molar-refractivity contribution in [2.45, 2.75) is 20.0 Å². The van der Waals surface area contributed by atoms with E-state index in [2.05, 4.69) is 5.32 Å². The molecule has 4 rings (SSSR count). The molecule has 4 aromatic rings. The zero-order valence-electron chi connectivity index (χ0n) is 16.1. The predicted molar refractivity (Wildman–Crippen MR) is 113 cm³/mol. The van der Waals surface area contributed by atoms with E-state index in [1.807, 2.05) is 43.3 Å². The number of carbonyl (C=O) groups is 2. The van der Waals surface area contributed by atoms with E-state index in [0.717, 1.165) is 21.2 Å². The fourth-order valence-electron chi connectivity index (χ4n) is 3.07. The molecular formula is C22H19NO5S. The van der Waals surface area contributed by atoms with E-state index in [9.17, 15) is 9.59 Å². The van der Waals surface area contributed by atoms with Crippen molar-refractivity contribution in [2.75, 3.05) is 12.4 Å². The third-order valence-corrected chi connectivity index (χ3v) is 5.53. The summed E-state index contributed by atoms with van der Waals surface area (Å²) in [5, 5.41) is 4.62. The minimum Gasteiger partial charge on any atom is -0.495 e. The highest BCUT2D eigenvalue weighted by molar-refractivity contribution is 7.13. The summed E-state index contributed by atoms with van der Waals surface area (Å²) in [6.45, 7) is 3.43. The number of methoxy groups -OCH3 is 1. The maximum atomic E-state index is 12.6. The molecule has 0 unspecified atom stereocenters. The van der Waals surface area contributed by atoms with Gasteiger partial charge in [0, 0.05) is 21.7 Å². The number of carbonyl (C=O) groups excluding carboxylic acids is 2. The SMILES string of the molecule is COc1cc2c(cc1NC(=O)[C@@H](C)OC(=O)c1ccc(C)s1)oc1ccccc12. The first-order chi connectivity index (χ1) is 14.0. The summed E-state index contributed by atoms with van der Waals surface area (Å²) in [5.74, 6) is -0.490. The smallest absolute Gasteiger partial charge is 0.349 e. The molecular weight excluding hydrogens is 390 g/mol. The number of fused-ring (bicyclic) bond motifs is 3. The van der Waals surface area contributed by atoms with E-state index in [4.69, 9.17) is 13.9 Å². The monoisotopic (exact) mass is 409 g/mol. The van der Waals surface area contributed by atoms with Crippen LogP contribution in [-0.4, -0.2) is 25.1 Å². The number of hydrogen-bond acceptors (Lipinski definition) is 6. The Bertz CT molecular complexity index is 1220. The van der Waals surface area contributed by atoms with Gasteiger partial charge in [-0.05, 0) is 38.1 Å². The number of hydrogen-bond donors (Lipinski definition) is 1. The molecule has 2 aromatic carbocycles. The van der Waals surface area contributed by atoms with Crippen LogP contribution in [0.1, 0.15) is 21.5 Å². The van der Waals surface area contributed by atoms with Gasteiger partial charge in [0.15, 0.2) is 6.10 Å². The number of ether oxygens (including phenoxy) is 2. The molecule has 0 aliphatic carbocycles. The van der Waals surface area contributed by atoms with Gasteiger partial charge in [-0.2, -0.15) is 0 Å². The Balaban J connectivity index is 1.56. The molecule has 0 spiro atoms. The molecule has 6 nitrogen and oxygen atoms in total. The third-order valence-electron chi connectivity index (χ3n) is 4.55. The van der Waals surface area contributed by atoms with E-state index in [-0.39, 0.29) is 0 Å². The number of amides is 1. The molecule has 0 fully saturated rings. The van der Waals surface area contributed by atoms with Gasteiger partial charge in [0.05, 0.1) is 12.8 Å². The molecule has 0 saturated carbocycles. The van der Waals surface area contributed by atoms with Crippen molar-refractivity contribution in [1.29, 1.82) is 0 Å². The zero-order valence-corrected chi connectivity index (χ0v) is 17.0. The number of thiophene rings is 1. The lowest BCUT2D eigenvalue weighted by atomic mass is 10.1. The number of benzene rings is 2. The van der Waals surface area contributed by atoms with E-state index in [1.54, 1.807) is 12.1 Å². The second-order valence-corrected chi connectivity index (χ2v) is 7.88. The summed E-state index contributed by atoms with van der Waals surface area (Å²) < 4.78 is 16.6. The highest BCUT2D eigenvalue weighted by atomic mass is 32.1. The highest BCUT2D eigenvalue weighted by Gasteiger charge is 2.22. The summed E-state index contributed by atoms with van der Waals surface area (Å²) in [4.78, 5) is 26.2. The largest absolute Gasteiger partial charge is 0.495 e. The molecule has 2 heterocycles. The van der Waals surface area contributed by atoms with Gasteiger partial charge in [-0.25, -0.2) is 4.79 Å². The molecule has 29 heavy (non-hydrogen) atoms. The maximum absolute atomic E-state index is 12.6. The van der Waals surface area contributed by atoms with Crippen LogP contribution in [-0.2, 0) is 9.53 Å². The van der Waals surface area contributed by atoms with Crippen LogP contribution >= 0.6 is 11.3 Å². The van der Waals surface area contributed by atoms with Crippen molar-refractivity contribution >= 4 is 50.8 Å². The molecule has 0 saturated heterocycles.